The third-order valence-corrected chi connectivity index (χ3v) is 7.80. The van der Waals surface area contributed by atoms with E-state index in [1.807, 2.05) is 0 Å². The normalized spacial score (nSPS) is 32.4. The fourth-order valence-corrected chi connectivity index (χ4v) is 5.79. The van der Waals surface area contributed by atoms with Gasteiger partial charge in [0.05, 0.1) is 6.54 Å². The molecule has 3 saturated heterocycles. The van der Waals surface area contributed by atoms with Crippen LogP contribution in [-0.4, -0.2) is 97.2 Å². The smallest absolute Gasteiger partial charge is 0.191 e. The van der Waals surface area contributed by atoms with Crippen LogP contribution in [-0.2, 0) is 0 Å². The lowest BCUT2D eigenvalue weighted by atomic mass is 9.84. The van der Waals surface area contributed by atoms with Gasteiger partial charge in [0.2, 0.25) is 0 Å². The third kappa shape index (κ3) is 5.26. The highest BCUT2D eigenvalue weighted by Gasteiger charge is 2.41. The molecule has 6 nitrogen and oxygen atoms in total. The van der Waals surface area contributed by atoms with Crippen LogP contribution < -0.4 is 10.6 Å². The Balaban J connectivity index is 1.41. The van der Waals surface area contributed by atoms with Crippen molar-refractivity contribution in [2.24, 2.45) is 4.99 Å². The molecule has 4 aliphatic rings. The summed E-state index contributed by atoms with van der Waals surface area (Å²) < 4.78 is 0. The van der Waals surface area contributed by atoms with Crippen LogP contribution in [0.3, 0.4) is 0 Å². The lowest BCUT2D eigenvalue weighted by Gasteiger charge is -2.49. The van der Waals surface area contributed by atoms with E-state index in [9.17, 15) is 0 Å². The fraction of sp³-hybridized carbons (Fsp3) is 0.957. The fourth-order valence-electron chi connectivity index (χ4n) is 5.79. The molecule has 6 heteroatoms. The number of hydrogen-bond acceptors (Lipinski definition) is 4. The van der Waals surface area contributed by atoms with Crippen molar-refractivity contribution in [3.63, 3.8) is 0 Å². The molecule has 0 amide bonds. The van der Waals surface area contributed by atoms with Crippen LogP contribution in [0.2, 0.25) is 0 Å². The van der Waals surface area contributed by atoms with Gasteiger partial charge in [0.15, 0.2) is 5.96 Å². The van der Waals surface area contributed by atoms with Crippen LogP contribution in [0, 0.1) is 0 Å². The summed E-state index contributed by atoms with van der Waals surface area (Å²) in [7, 11) is 2.27. The van der Waals surface area contributed by atoms with Gasteiger partial charge < -0.3 is 15.5 Å². The van der Waals surface area contributed by atoms with Crippen molar-refractivity contribution in [1.82, 2.24) is 25.3 Å². The highest BCUT2D eigenvalue weighted by Crippen LogP contribution is 2.34. The van der Waals surface area contributed by atoms with Gasteiger partial charge in [-0.15, -0.1) is 0 Å². The minimum atomic E-state index is 0.262. The first-order valence-electron chi connectivity index (χ1n) is 12.3. The topological polar surface area (TPSA) is 46.1 Å². The molecule has 2 unspecified atom stereocenters. The zero-order valence-electron chi connectivity index (χ0n) is 19.1. The Kier molecular flexibility index (Phi) is 7.02. The molecule has 29 heavy (non-hydrogen) atoms. The van der Waals surface area contributed by atoms with Gasteiger partial charge in [-0.1, -0.05) is 6.42 Å². The zero-order valence-corrected chi connectivity index (χ0v) is 19.1. The number of likely N-dealkylation sites (tertiary alicyclic amines) is 3. The minimum absolute atomic E-state index is 0.262. The standard InChI is InChI=1S/C23H44N6/c1-4-24-22(26-20-16-19(2)29(17-20)21-8-9-21)25-18-23(10-14-27(3)15-11-23)28-12-6-5-7-13-28/h19-21H,4-18H2,1-3H3,(H2,24,25,26). The first-order valence-corrected chi connectivity index (χ1v) is 12.3. The summed E-state index contributed by atoms with van der Waals surface area (Å²) in [6.07, 6.45) is 10.7. The number of hydrogen-bond donors (Lipinski definition) is 2. The Morgan fingerprint density at radius 1 is 1.07 bits per heavy atom. The largest absolute Gasteiger partial charge is 0.357 e. The number of nitrogens with one attached hydrogen (secondary N) is 2. The van der Waals surface area contributed by atoms with E-state index in [4.69, 9.17) is 4.99 Å². The lowest BCUT2D eigenvalue weighted by Crippen LogP contribution is -2.58. The Hall–Kier alpha value is -0.850. The maximum atomic E-state index is 5.20. The Morgan fingerprint density at radius 3 is 2.45 bits per heavy atom. The van der Waals surface area contributed by atoms with Crippen LogP contribution in [0.4, 0.5) is 0 Å². The second-order valence-electron chi connectivity index (χ2n) is 10.1. The molecular formula is C23H44N6. The molecule has 2 N–H and O–H groups in total. The van der Waals surface area contributed by atoms with Gasteiger partial charge in [-0.25, -0.2) is 0 Å². The predicted octanol–water partition coefficient (Wildman–Crippen LogP) is 2.12. The summed E-state index contributed by atoms with van der Waals surface area (Å²) in [5.74, 6) is 1.04. The molecule has 3 aliphatic heterocycles. The average Bonchev–Trinajstić information content (AvgIpc) is 3.51. The summed E-state index contributed by atoms with van der Waals surface area (Å²) in [5, 5.41) is 7.34. The number of nitrogens with zero attached hydrogens (tertiary/aromatic N) is 4. The molecule has 0 aromatic heterocycles. The molecule has 4 fully saturated rings. The second kappa shape index (κ2) is 9.52. The maximum Gasteiger partial charge on any atom is 0.191 e. The molecule has 3 heterocycles. The van der Waals surface area contributed by atoms with E-state index < -0.39 is 0 Å². The molecule has 0 bridgehead atoms. The SMILES string of the molecule is CCNC(=NCC1(N2CCCCC2)CCN(C)CC1)NC1CC(C)N(C2CC2)C1. The highest BCUT2D eigenvalue weighted by molar-refractivity contribution is 5.80. The summed E-state index contributed by atoms with van der Waals surface area (Å²) in [6, 6.07) is 2.10. The third-order valence-electron chi connectivity index (χ3n) is 7.80. The zero-order chi connectivity index (χ0) is 20.3. The van der Waals surface area contributed by atoms with E-state index in [0.717, 1.165) is 25.1 Å². The van der Waals surface area contributed by atoms with Crippen LogP contribution >= 0.6 is 0 Å². The number of aliphatic imine (C=N–C) groups is 1. The minimum Gasteiger partial charge on any atom is -0.357 e. The summed E-state index contributed by atoms with van der Waals surface area (Å²) in [4.78, 5) is 13.2. The Labute approximate surface area is 178 Å². The quantitative estimate of drug-likeness (QED) is 0.524. The molecule has 0 aromatic rings. The molecule has 1 saturated carbocycles. The van der Waals surface area contributed by atoms with Crippen molar-refractivity contribution < 1.29 is 0 Å². The van der Waals surface area contributed by atoms with Gasteiger partial charge in [-0.2, -0.15) is 0 Å². The molecule has 166 valence electrons. The number of guanidine groups is 1. The van der Waals surface area contributed by atoms with Gasteiger partial charge in [0.1, 0.15) is 0 Å². The average molecular weight is 405 g/mol. The monoisotopic (exact) mass is 404 g/mol. The maximum absolute atomic E-state index is 5.20. The Bertz CT molecular complexity index is 546. The molecule has 0 aromatic carbocycles. The predicted molar refractivity (Wildman–Crippen MR) is 122 cm³/mol. The van der Waals surface area contributed by atoms with Crippen LogP contribution in [0.1, 0.15) is 65.2 Å². The van der Waals surface area contributed by atoms with Crippen LogP contribution in [0.25, 0.3) is 0 Å². The van der Waals surface area contributed by atoms with Gasteiger partial charge in [-0.3, -0.25) is 14.8 Å². The summed E-state index contributed by atoms with van der Waals surface area (Å²) >= 11 is 0. The molecule has 0 radical (unpaired) electrons. The van der Waals surface area contributed by atoms with E-state index in [0.29, 0.717) is 12.1 Å². The van der Waals surface area contributed by atoms with Crippen LogP contribution in [0.5, 0.6) is 0 Å². The first-order chi connectivity index (χ1) is 14.1. The van der Waals surface area contributed by atoms with Gasteiger partial charge in [0.25, 0.3) is 0 Å². The molecule has 1 aliphatic carbocycles. The second-order valence-corrected chi connectivity index (χ2v) is 10.1. The van der Waals surface area contributed by atoms with Gasteiger partial charge in [-0.05, 0) is 92.0 Å². The van der Waals surface area contributed by atoms with E-state index in [1.165, 1.54) is 84.1 Å². The van der Waals surface area contributed by atoms with Crippen molar-refractivity contribution in [3.8, 4) is 0 Å². The van der Waals surface area contributed by atoms with Crippen molar-refractivity contribution in [1.29, 1.82) is 0 Å². The van der Waals surface area contributed by atoms with Crippen molar-refractivity contribution >= 4 is 5.96 Å². The molecular weight excluding hydrogens is 360 g/mol. The van der Waals surface area contributed by atoms with Crippen molar-refractivity contribution in [2.45, 2.75) is 88.9 Å². The van der Waals surface area contributed by atoms with Crippen molar-refractivity contribution in [2.75, 3.05) is 52.9 Å². The Morgan fingerprint density at radius 2 is 1.79 bits per heavy atom. The molecule has 2 atom stereocenters. The summed E-state index contributed by atoms with van der Waals surface area (Å²) in [5.41, 5.74) is 0.262. The highest BCUT2D eigenvalue weighted by atomic mass is 15.3. The first kappa shape index (κ1) is 21.4. The molecule has 0 spiro atoms. The van der Waals surface area contributed by atoms with Crippen LogP contribution in [0.15, 0.2) is 4.99 Å². The van der Waals surface area contributed by atoms with E-state index in [-0.39, 0.29) is 5.54 Å². The van der Waals surface area contributed by atoms with E-state index in [1.54, 1.807) is 0 Å². The number of rotatable bonds is 6. The molecule has 4 rings (SSSR count). The number of piperidine rings is 2. The van der Waals surface area contributed by atoms with Crippen molar-refractivity contribution in [3.05, 3.63) is 0 Å². The lowest BCUT2D eigenvalue weighted by molar-refractivity contribution is 0.0208. The van der Waals surface area contributed by atoms with Gasteiger partial charge in [0, 0.05) is 36.8 Å². The summed E-state index contributed by atoms with van der Waals surface area (Å²) in [6.45, 7) is 12.6. The van der Waals surface area contributed by atoms with E-state index in [2.05, 4.69) is 46.2 Å². The van der Waals surface area contributed by atoms with E-state index >= 15 is 0 Å². The van der Waals surface area contributed by atoms with Gasteiger partial charge >= 0.3 is 0 Å².